The summed E-state index contributed by atoms with van der Waals surface area (Å²) in [6, 6.07) is 2.36. The normalized spacial score (nSPS) is 17.2. The predicted octanol–water partition coefficient (Wildman–Crippen LogP) is 1.47. The minimum atomic E-state index is -0.632. The SMILES string of the molecule is CCn1nnnc1SCC(=O)N(C)C1(C#N)CCCCC1. The van der Waals surface area contributed by atoms with Gasteiger partial charge in [-0.15, -0.1) is 5.10 Å². The van der Waals surface area contributed by atoms with Gasteiger partial charge in [-0.05, 0) is 30.2 Å². The number of tetrazole rings is 1. The predicted molar refractivity (Wildman–Crippen MR) is 78.4 cm³/mol. The Labute approximate surface area is 128 Å². The van der Waals surface area contributed by atoms with Gasteiger partial charge in [0.25, 0.3) is 0 Å². The second-order valence-electron chi connectivity index (χ2n) is 5.22. The molecule has 2 rings (SSSR count). The molecule has 7 nitrogen and oxygen atoms in total. The molecule has 0 radical (unpaired) electrons. The van der Waals surface area contributed by atoms with Gasteiger partial charge in [0.15, 0.2) is 0 Å². The molecule has 21 heavy (non-hydrogen) atoms. The fourth-order valence-electron chi connectivity index (χ4n) is 2.62. The second kappa shape index (κ2) is 6.89. The Morgan fingerprint density at radius 1 is 1.48 bits per heavy atom. The summed E-state index contributed by atoms with van der Waals surface area (Å²) in [5, 5.41) is 21.5. The molecule has 0 saturated heterocycles. The lowest BCUT2D eigenvalue weighted by Gasteiger charge is -2.39. The van der Waals surface area contributed by atoms with Gasteiger partial charge in [0.2, 0.25) is 11.1 Å². The lowest BCUT2D eigenvalue weighted by molar-refractivity contribution is -0.131. The van der Waals surface area contributed by atoms with E-state index >= 15 is 0 Å². The van der Waals surface area contributed by atoms with E-state index in [4.69, 9.17) is 0 Å². The number of aryl methyl sites for hydroxylation is 1. The number of nitrogens with zero attached hydrogens (tertiary/aromatic N) is 6. The Hall–Kier alpha value is -1.62. The van der Waals surface area contributed by atoms with Crippen LogP contribution in [0.25, 0.3) is 0 Å². The molecule has 0 aromatic carbocycles. The third kappa shape index (κ3) is 3.35. The lowest BCUT2D eigenvalue weighted by atomic mass is 9.81. The van der Waals surface area contributed by atoms with Crippen LogP contribution in [0, 0.1) is 11.3 Å². The lowest BCUT2D eigenvalue weighted by Crippen LogP contribution is -2.50. The third-order valence-electron chi connectivity index (χ3n) is 4.03. The molecular weight excluding hydrogens is 288 g/mol. The number of amides is 1. The quantitative estimate of drug-likeness (QED) is 0.765. The van der Waals surface area contributed by atoms with Crippen molar-refractivity contribution in [2.45, 2.75) is 56.3 Å². The fraction of sp³-hybridized carbons (Fsp3) is 0.769. The standard InChI is InChI=1S/C13H20N6OS/c1-3-19-12(15-16-17-19)21-9-11(20)18(2)13(10-14)7-5-4-6-8-13/h3-9H2,1-2H3. The van der Waals surface area contributed by atoms with Crippen LogP contribution in [-0.2, 0) is 11.3 Å². The maximum Gasteiger partial charge on any atom is 0.234 e. The summed E-state index contributed by atoms with van der Waals surface area (Å²) in [6.45, 7) is 2.61. The first-order valence-electron chi connectivity index (χ1n) is 7.20. The van der Waals surface area contributed by atoms with E-state index in [2.05, 4.69) is 21.6 Å². The number of hydrogen-bond donors (Lipinski definition) is 0. The Bertz CT molecular complexity index is 531. The summed E-state index contributed by atoms with van der Waals surface area (Å²) in [5.74, 6) is 0.203. The highest BCUT2D eigenvalue weighted by Crippen LogP contribution is 2.33. The van der Waals surface area contributed by atoms with Crippen LogP contribution in [0.4, 0.5) is 0 Å². The Balaban J connectivity index is 1.97. The molecule has 1 fully saturated rings. The van der Waals surface area contributed by atoms with Crippen LogP contribution in [0.1, 0.15) is 39.0 Å². The van der Waals surface area contributed by atoms with E-state index in [1.807, 2.05) is 6.92 Å². The Kier molecular flexibility index (Phi) is 5.17. The van der Waals surface area contributed by atoms with Crippen LogP contribution < -0.4 is 0 Å². The maximum absolute atomic E-state index is 12.4. The summed E-state index contributed by atoms with van der Waals surface area (Å²) in [6.07, 6.45) is 4.69. The summed E-state index contributed by atoms with van der Waals surface area (Å²) in [4.78, 5) is 14.0. The van der Waals surface area contributed by atoms with Crippen LogP contribution in [-0.4, -0.2) is 49.4 Å². The zero-order valence-corrected chi connectivity index (χ0v) is 13.3. The van der Waals surface area contributed by atoms with Crippen LogP contribution in [0.3, 0.4) is 0 Å². The number of rotatable bonds is 5. The Morgan fingerprint density at radius 3 is 2.81 bits per heavy atom. The van der Waals surface area contributed by atoms with E-state index < -0.39 is 5.54 Å². The van der Waals surface area contributed by atoms with Crippen molar-refractivity contribution in [1.82, 2.24) is 25.1 Å². The molecule has 0 spiro atoms. The summed E-state index contributed by atoms with van der Waals surface area (Å²) in [5.41, 5.74) is -0.632. The molecule has 0 unspecified atom stereocenters. The molecule has 1 aliphatic carbocycles. The van der Waals surface area contributed by atoms with Crippen molar-refractivity contribution in [2.75, 3.05) is 12.8 Å². The van der Waals surface area contributed by atoms with Gasteiger partial charge in [-0.3, -0.25) is 4.79 Å². The van der Waals surface area contributed by atoms with Gasteiger partial charge in [0.05, 0.1) is 11.8 Å². The first-order chi connectivity index (χ1) is 10.1. The number of carbonyl (C=O) groups is 1. The van der Waals surface area contributed by atoms with Gasteiger partial charge in [0, 0.05) is 13.6 Å². The molecule has 1 aromatic heterocycles. The molecule has 8 heteroatoms. The number of nitriles is 1. The molecular formula is C13H20N6OS. The monoisotopic (exact) mass is 308 g/mol. The number of carbonyl (C=O) groups excluding carboxylic acids is 1. The van der Waals surface area contributed by atoms with Gasteiger partial charge in [-0.2, -0.15) is 5.26 Å². The zero-order valence-electron chi connectivity index (χ0n) is 12.4. The van der Waals surface area contributed by atoms with E-state index in [0.717, 1.165) is 32.1 Å². The molecule has 0 N–H and O–H groups in total. The molecule has 1 saturated carbocycles. The summed E-state index contributed by atoms with van der Waals surface area (Å²) >= 11 is 1.31. The average molecular weight is 308 g/mol. The third-order valence-corrected chi connectivity index (χ3v) is 4.97. The van der Waals surface area contributed by atoms with Gasteiger partial charge < -0.3 is 4.90 Å². The van der Waals surface area contributed by atoms with E-state index in [9.17, 15) is 10.1 Å². The van der Waals surface area contributed by atoms with Crippen molar-refractivity contribution < 1.29 is 4.79 Å². The van der Waals surface area contributed by atoms with Crippen molar-refractivity contribution in [3.63, 3.8) is 0 Å². The average Bonchev–Trinajstić information content (AvgIpc) is 3.00. The molecule has 0 aliphatic heterocycles. The van der Waals surface area contributed by atoms with Crippen molar-refractivity contribution >= 4 is 17.7 Å². The topological polar surface area (TPSA) is 87.7 Å². The maximum atomic E-state index is 12.4. The molecule has 0 atom stereocenters. The van der Waals surface area contributed by atoms with Crippen molar-refractivity contribution in [1.29, 1.82) is 5.26 Å². The highest BCUT2D eigenvalue weighted by Gasteiger charge is 2.38. The van der Waals surface area contributed by atoms with Crippen molar-refractivity contribution in [3.05, 3.63) is 0 Å². The summed E-state index contributed by atoms with van der Waals surface area (Å²) < 4.78 is 1.65. The second-order valence-corrected chi connectivity index (χ2v) is 6.17. The van der Waals surface area contributed by atoms with Crippen LogP contribution in [0.5, 0.6) is 0 Å². The van der Waals surface area contributed by atoms with Gasteiger partial charge in [0.1, 0.15) is 5.54 Å². The van der Waals surface area contributed by atoms with E-state index in [0.29, 0.717) is 11.7 Å². The van der Waals surface area contributed by atoms with E-state index in [-0.39, 0.29) is 11.7 Å². The van der Waals surface area contributed by atoms with Crippen LogP contribution in [0.15, 0.2) is 5.16 Å². The van der Waals surface area contributed by atoms with Crippen molar-refractivity contribution in [3.8, 4) is 6.07 Å². The minimum Gasteiger partial charge on any atom is -0.326 e. The van der Waals surface area contributed by atoms with E-state index in [1.165, 1.54) is 11.8 Å². The zero-order chi connectivity index (χ0) is 15.3. The number of aromatic nitrogens is 4. The first-order valence-corrected chi connectivity index (χ1v) is 8.18. The molecule has 0 bridgehead atoms. The van der Waals surface area contributed by atoms with Crippen LogP contribution >= 0.6 is 11.8 Å². The molecule has 114 valence electrons. The minimum absolute atomic E-state index is 0.0471. The summed E-state index contributed by atoms with van der Waals surface area (Å²) in [7, 11) is 1.74. The number of thioether (sulfide) groups is 1. The van der Waals surface area contributed by atoms with Crippen molar-refractivity contribution in [2.24, 2.45) is 0 Å². The first kappa shape index (κ1) is 15.8. The molecule has 1 aliphatic rings. The van der Waals surface area contributed by atoms with E-state index in [1.54, 1.807) is 16.6 Å². The Morgan fingerprint density at radius 2 is 2.19 bits per heavy atom. The van der Waals surface area contributed by atoms with Crippen LogP contribution in [0.2, 0.25) is 0 Å². The molecule has 1 aromatic rings. The highest BCUT2D eigenvalue weighted by atomic mass is 32.2. The smallest absolute Gasteiger partial charge is 0.234 e. The fourth-order valence-corrected chi connectivity index (χ4v) is 3.47. The largest absolute Gasteiger partial charge is 0.326 e. The highest BCUT2D eigenvalue weighted by molar-refractivity contribution is 7.99. The molecule has 1 amide bonds. The van der Waals surface area contributed by atoms with Gasteiger partial charge in [-0.1, -0.05) is 31.0 Å². The van der Waals surface area contributed by atoms with Gasteiger partial charge in [-0.25, -0.2) is 4.68 Å². The van der Waals surface area contributed by atoms with Gasteiger partial charge >= 0.3 is 0 Å². The molecule has 1 heterocycles. The number of hydrogen-bond acceptors (Lipinski definition) is 6.